The second kappa shape index (κ2) is 4.34. The fourth-order valence-electron chi connectivity index (χ4n) is 3.16. The first kappa shape index (κ1) is 10.5. The highest BCUT2D eigenvalue weighted by Crippen LogP contribution is 2.32. The van der Waals surface area contributed by atoms with Crippen molar-refractivity contribution in [2.45, 2.75) is 25.3 Å². The van der Waals surface area contributed by atoms with Crippen molar-refractivity contribution in [2.75, 3.05) is 32.8 Å². The van der Waals surface area contributed by atoms with Crippen LogP contribution in [0, 0.1) is 11.8 Å². The molecule has 0 aromatic heterocycles. The molecular weight excluding hydrogens is 204 g/mol. The van der Waals surface area contributed by atoms with Crippen molar-refractivity contribution in [3.05, 3.63) is 0 Å². The Morgan fingerprint density at radius 1 is 1.31 bits per heavy atom. The van der Waals surface area contributed by atoms with Crippen LogP contribution >= 0.6 is 0 Å². The fourth-order valence-corrected chi connectivity index (χ4v) is 3.16. The van der Waals surface area contributed by atoms with Gasteiger partial charge in [-0.1, -0.05) is 6.42 Å². The standard InChI is InChI=1S/C12H20N2O2/c15-12(10-6-13-7-10)14-4-5-16-8-9-2-1-3-11(9)14/h9-11,13H,1-8H2. The minimum atomic E-state index is 0.236. The molecule has 0 bridgehead atoms. The zero-order valence-electron chi connectivity index (χ0n) is 9.65. The lowest BCUT2D eigenvalue weighted by atomic mass is 9.98. The Balaban J connectivity index is 1.72. The van der Waals surface area contributed by atoms with E-state index in [1.165, 1.54) is 19.3 Å². The molecule has 3 aliphatic rings. The molecular formula is C12H20N2O2. The van der Waals surface area contributed by atoms with Gasteiger partial charge in [0.2, 0.25) is 5.91 Å². The third-order valence-corrected chi connectivity index (χ3v) is 4.24. The molecule has 90 valence electrons. The van der Waals surface area contributed by atoms with E-state index in [-0.39, 0.29) is 5.92 Å². The summed E-state index contributed by atoms with van der Waals surface area (Å²) in [4.78, 5) is 14.4. The molecule has 1 N–H and O–H groups in total. The number of carbonyl (C=O) groups excluding carboxylic acids is 1. The number of fused-ring (bicyclic) bond motifs is 1. The van der Waals surface area contributed by atoms with Gasteiger partial charge in [0.15, 0.2) is 0 Å². The van der Waals surface area contributed by atoms with Crippen molar-refractivity contribution in [1.29, 1.82) is 0 Å². The highest BCUT2D eigenvalue weighted by molar-refractivity contribution is 5.80. The molecule has 1 aliphatic carbocycles. The number of carbonyl (C=O) groups is 1. The Hall–Kier alpha value is -0.610. The number of nitrogens with zero attached hydrogens (tertiary/aromatic N) is 1. The van der Waals surface area contributed by atoms with Crippen LogP contribution in [-0.4, -0.2) is 49.7 Å². The predicted octanol–water partition coefficient (Wildman–Crippen LogP) is 0.233. The lowest BCUT2D eigenvalue weighted by Gasteiger charge is -2.36. The summed E-state index contributed by atoms with van der Waals surface area (Å²) in [6, 6.07) is 0.468. The summed E-state index contributed by atoms with van der Waals surface area (Å²) >= 11 is 0. The first-order valence-corrected chi connectivity index (χ1v) is 6.45. The van der Waals surface area contributed by atoms with Crippen LogP contribution in [-0.2, 0) is 9.53 Å². The Kier molecular flexibility index (Phi) is 2.86. The van der Waals surface area contributed by atoms with Crippen molar-refractivity contribution in [2.24, 2.45) is 11.8 Å². The van der Waals surface area contributed by atoms with Crippen molar-refractivity contribution in [1.82, 2.24) is 10.2 Å². The van der Waals surface area contributed by atoms with Gasteiger partial charge in [-0.3, -0.25) is 4.79 Å². The number of hydrogen-bond donors (Lipinski definition) is 1. The molecule has 3 fully saturated rings. The SMILES string of the molecule is O=C(C1CNC1)N1CCOCC2CCCC21. The average Bonchev–Trinajstić information content (AvgIpc) is 2.55. The molecule has 0 aromatic carbocycles. The molecule has 2 saturated heterocycles. The summed E-state index contributed by atoms with van der Waals surface area (Å²) in [5.74, 6) is 1.19. The second-order valence-electron chi connectivity index (χ2n) is 5.22. The van der Waals surface area contributed by atoms with Crippen molar-refractivity contribution in [3.8, 4) is 0 Å². The number of amides is 1. The first-order chi connectivity index (χ1) is 7.86. The fraction of sp³-hybridized carbons (Fsp3) is 0.917. The van der Waals surface area contributed by atoms with Gasteiger partial charge in [0, 0.05) is 31.6 Å². The summed E-state index contributed by atoms with van der Waals surface area (Å²) in [6.45, 7) is 4.12. The Morgan fingerprint density at radius 2 is 2.19 bits per heavy atom. The van der Waals surface area contributed by atoms with E-state index in [2.05, 4.69) is 10.2 Å². The zero-order chi connectivity index (χ0) is 11.0. The van der Waals surface area contributed by atoms with Crippen molar-refractivity contribution >= 4 is 5.91 Å². The van der Waals surface area contributed by atoms with E-state index in [1.807, 2.05) is 0 Å². The quantitative estimate of drug-likeness (QED) is 0.693. The van der Waals surface area contributed by atoms with E-state index >= 15 is 0 Å². The molecule has 2 atom stereocenters. The maximum absolute atomic E-state index is 12.3. The van der Waals surface area contributed by atoms with Crippen LogP contribution in [0.25, 0.3) is 0 Å². The van der Waals surface area contributed by atoms with Crippen molar-refractivity contribution in [3.63, 3.8) is 0 Å². The summed E-state index contributed by atoms with van der Waals surface area (Å²) in [6.07, 6.45) is 3.67. The Morgan fingerprint density at radius 3 is 2.94 bits per heavy atom. The highest BCUT2D eigenvalue weighted by Gasteiger charge is 2.39. The number of ether oxygens (including phenoxy) is 1. The third kappa shape index (κ3) is 1.74. The summed E-state index contributed by atoms with van der Waals surface area (Å²) in [5.41, 5.74) is 0. The average molecular weight is 224 g/mol. The van der Waals surface area contributed by atoms with E-state index in [1.54, 1.807) is 0 Å². The number of nitrogens with one attached hydrogen (secondary N) is 1. The molecule has 4 nitrogen and oxygen atoms in total. The lowest BCUT2D eigenvalue weighted by molar-refractivity contribution is -0.139. The predicted molar refractivity (Wildman–Crippen MR) is 60.0 cm³/mol. The van der Waals surface area contributed by atoms with E-state index in [0.29, 0.717) is 17.9 Å². The van der Waals surface area contributed by atoms with E-state index in [9.17, 15) is 4.79 Å². The molecule has 3 rings (SSSR count). The van der Waals surface area contributed by atoms with Gasteiger partial charge in [0.05, 0.1) is 19.1 Å². The molecule has 4 heteroatoms. The molecule has 0 spiro atoms. The maximum Gasteiger partial charge on any atom is 0.228 e. The van der Waals surface area contributed by atoms with Crippen LogP contribution < -0.4 is 5.32 Å². The molecule has 1 saturated carbocycles. The first-order valence-electron chi connectivity index (χ1n) is 6.45. The molecule has 16 heavy (non-hydrogen) atoms. The van der Waals surface area contributed by atoms with E-state index < -0.39 is 0 Å². The Bertz CT molecular complexity index is 278. The minimum absolute atomic E-state index is 0.236. The van der Waals surface area contributed by atoms with Gasteiger partial charge >= 0.3 is 0 Å². The topological polar surface area (TPSA) is 41.6 Å². The van der Waals surface area contributed by atoms with Crippen LogP contribution in [0.15, 0.2) is 0 Å². The van der Waals surface area contributed by atoms with Crippen LogP contribution in [0.1, 0.15) is 19.3 Å². The number of rotatable bonds is 1. The van der Waals surface area contributed by atoms with Crippen LogP contribution in [0.4, 0.5) is 0 Å². The summed E-state index contributed by atoms with van der Waals surface area (Å²) in [5, 5.41) is 3.18. The van der Waals surface area contributed by atoms with Crippen molar-refractivity contribution < 1.29 is 9.53 Å². The van der Waals surface area contributed by atoms with Crippen LogP contribution in [0.2, 0.25) is 0 Å². The van der Waals surface area contributed by atoms with Gasteiger partial charge in [0.25, 0.3) is 0 Å². The second-order valence-corrected chi connectivity index (χ2v) is 5.22. The van der Waals surface area contributed by atoms with Crippen LogP contribution in [0.3, 0.4) is 0 Å². The van der Waals surface area contributed by atoms with Crippen LogP contribution in [0.5, 0.6) is 0 Å². The molecule has 0 aromatic rings. The lowest BCUT2D eigenvalue weighted by Crippen LogP contribution is -2.55. The van der Waals surface area contributed by atoms with Gasteiger partial charge in [-0.05, 0) is 12.8 Å². The zero-order valence-corrected chi connectivity index (χ0v) is 9.65. The monoisotopic (exact) mass is 224 g/mol. The van der Waals surface area contributed by atoms with Gasteiger partial charge in [-0.25, -0.2) is 0 Å². The van der Waals surface area contributed by atoms with E-state index in [0.717, 1.165) is 32.8 Å². The van der Waals surface area contributed by atoms with Gasteiger partial charge in [-0.2, -0.15) is 0 Å². The molecule has 1 amide bonds. The minimum Gasteiger partial charge on any atom is -0.379 e. The molecule has 0 radical (unpaired) electrons. The third-order valence-electron chi connectivity index (χ3n) is 4.24. The maximum atomic E-state index is 12.3. The highest BCUT2D eigenvalue weighted by atomic mass is 16.5. The summed E-state index contributed by atoms with van der Waals surface area (Å²) in [7, 11) is 0. The van der Waals surface area contributed by atoms with Gasteiger partial charge < -0.3 is 15.0 Å². The normalized spacial score (nSPS) is 35.4. The molecule has 2 aliphatic heterocycles. The van der Waals surface area contributed by atoms with Gasteiger partial charge in [0.1, 0.15) is 0 Å². The van der Waals surface area contributed by atoms with E-state index in [4.69, 9.17) is 4.74 Å². The smallest absolute Gasteiger partial charge is 0.228 e. The molecule has 2 unspecified atom stereocenters. The molecule has 2 heterocycles. The van der Waals surface area contributed by atoms with Gasteiger partial charge in [-0.15, -0.1) is 0 Å². The summed E-state index contributed by atoms with van der Waals surface area (Å²) < 4.78 is 5.61. The number of hydrogen-bond acceptors (Lipinski definition) is 3. The largest absolute Gasteiger partial charge is 0.379 e. The Labute approximate surface area is 96.3 Å².